The van der Waals surface area contributed by atoms with E-state index in [1.807, 2.05) is 19.1 Å². The van der Waals surface area contributed by atoms with E-state index in [0.29, 0.717) is 28.3 Å². The molecule has 0 radical (unpaired) electrons. The lowest BCUT2D eigenvalue weighted by Crippen LogP contribution is -2.31. The first-order chi connectivity index (χ1) is 13.0. The van der Waals surface area contributed by atoms with Gasteiger partial charge in [0.25, 0.3) is 5.56 Å². The van der Waals surface area contributed by atoms with Crippen molar-refractivity contribution in [1.29, 1.82) is 0 Å². The van der Waals surface area contributed by atoms with Crippen LogP contribution in [0.2, 0.25) is 5.02 Å². The van der Waals surface area contributed by atoms with Gasteiger partial charge < -0.3 is 9.88 Å². The Morgan fingerprint density at radius 2 is 2.19 bits per heavy atom. The van der Waals surface area contributed by atoms with Gasteiger partial charge in [0.15, 0.2) is 0 Å². The van der Waals surface area contributed by atoms with Gasteiger partial charge in [-0.2, -0.15) is 0 Å². The molecule has 3 rings (SSSR count). The maximum Gasteiger partial charge on any atom is 0.258 e. The molecular formula is C19H17BrClN3O2S. The zero-order valence-electron chi connectivity index (χ0n) is 14.5. The predicted molar refractivity (Wildman–Crippen MR) is 114 cm³/mol. The highest BCUT2D eigenvalue weighted by molar-refractivity contribution is 9.11. The van der Waals surface area contributed by atoms with Gasteiger partial charge >= 0.3 is 0 Å². The van der Waals surface area contributed by atoms with Crippen molar-refractivity contribution in [2.75, 3.05) is 6.54 Å². The molecule has 2 aromatic heterocycles. The highest BCUT2D eigenvalue weighted by atomic mass is 79.9. The van der Waals surface area contributed by atoms with Crippen LogP contribution in [0.15, 0.2) is 45.0 Å². The SMILES string of the molecule is CCCN(Cc1nc2cc(Cl)ccc2c(=O)[nH]1)C(=O)/C=C/c1ccc(Br)s1. The Bertz CT molecular complexity index is 1060. The zero-order chi connectivity index (χ0) is 19.4. The Morgan fingerprint density at radius 1 is 1.37 bits per heavy atom. The molecule has 8 heteroatoms. The number of carbonyl (C=O) groups excluding carboxylic acids is 1. The van der Waals surface area contributed by atoms with Crippen molar-refractivity contribution in [3.05, 3.63) is 66.3 Å². The molecule has 0 saturated heterocycles. The van der Waals surface area contributed by atoms with Gasteiger partial charge in [-0.05, 0) is 58.8 Å². The summed E-state index contributed by atoms with van der Waals surface area (Å²) in [6, 6.07) is 8.82. The van der Waals surface area contributed by atoms with E-state index in [0.717, 1.165) is 15.1 Å². The molecule has 140 valence electrons. The van der Waals surface area contributed by atoms with Gasteiger partial charge in [0.1, 0.15) is 5.82 Å². The monoisotopic (exact) mass is 465 g/mol. The van der Waals surface area contributed by atoms with Crippen molar-refractivity contribution in [2.24, 2.45) is 0 Å². The fourth-order valence-electron chi connectivity index (χ4n) is 2.63. The summed E-state index contributed by atoms with van der Waals surface area (Å²) in [6.45, 7) is 2.79. The highest BCUT2D eigenvalue weighted by Crippen LogP contribution is 2.23. The number of amides is 1. The fourth-order valence-corrected chi connectivity index (χ4v) is 4.12. The third kappa shape index (κ3) is 5.06. The van der Waals surface area contributed by atoms with Crippen LogP contribution in [0.1, 0.15) is 24.0 Å². The minimum Gasteiger partial charge on any atom is -0.332 e. The van der Waals surface area contributed by atoms with Gasteiger partial charge in [0.2, 0.25) is 5.91 Å². The number of H-pyrrole nitrogens is 1. The van der Waals surface area contributed by atoms with Crippen molar-refractivity contribution >= 4 is 61.8 Å². The summed E-state index contributed by atoms with van der Waals surface area (Å²) >= 11 is 11.0. The second-order valence-electron chi connectivity index (χ2n) is 5.91. The molecule has 0 aliphatic heterocycles. The first kappa shape index (κ1) is 19.8. The van der Waals surface area contributed by atoms with Crippen LogP contribution in [0, 0.1) is 0 Å². The molecule has 0 atom stereocenters. The lowest BCUT2D eigenvalue weighted by molar-refractivity contribution is -0.126. The zero-order valence-corrected chi connectivity index (χ0v) is 17.7. The van der Waals surface area contributed by atoms with Crippen molar-refractivity contribution in [3.63, 3.8) is 0 Å². The molecule has 0 fully saturated rings. The van der Waals surface area contributed by atoms with E-state index in [2.05, 4.69) is 25.9 Å². The first-order valence-electron chi connectivity index (χ1n) is 8.37. The van der Waals surface area contributed by atoms with E-state index in [-0.39, 0.29) is 18.0 Å². The first-order valence-corrected chi connectivity index (χ1v) is 10.4. The van der Waals surface area contributed by atoms with Gasteiger partial charge in [-0.3, -0.25) is 9.59 Å². The van der Waals surface area contributed by atoms with Crippen LogP contribution < -0.4 is 5.56 Å². The molecule has 0 unspecified atom stereocenters. The third-order valence-electron chi connectivity index (χ3n) is 3.85. The number of aromatic amines is 1. The topological polar surface area (TPSA) is 66.1 Å². The molecule has 5 nitrogen and oxygen atoms in total. The minimum atomic E-state index is -0.241. The van der Waals surface area contributed by atoms with Crippen LogP contribution >= 0.6 is 38.9 Å². The Labute approximate surface area is 173 Å². The number of nitrogens with zero attached hydrogens (tertiary/aromatic N) is 2. The Morgan fingerprint density at radius 3 is 2.89 bits per heavy atom. The summed E-state index contributed by atoms with van der Waals surface area (Å²) in [5.41, 5.74) is 0.277. The van der Waals surface area contributed by atoms with Gasteiger partial charge in [-0.15, -0.1) is 11.3 Å². The van der Waals surface area contributed by atoms with Crippen molar-refractivity contribution in [1.82, 2.24) is 14.9 Å². The minimum absolute atomic E-state index is 0.129. The van der Waals surface area contributed by atoms with E-state index in [9.17, 15) is 9.59 Å². The summed E-state index contributed by atoms with van der Waals surface area (Å²) in [4.78, 5) is 34.8. The number of nitrogens with one attached hydrogen (secondary N) is 1. The smallest absolute Gasteiger partial charge is 0.258 e. The molecule has 3 aromatic rings. The molecule has 1 aromatic carbocycles. The van der Waals surface area contributed by atoms with Gasteiger partial charge in [0, 0.05) is 22.5 Å². The highest BCUT2D eigenvalue weighted by Gasteiger charge is 2.13. The Balaban J connectivity index is 1.83. The number of aromatic nitrogens is 2. The quantitative estimate of drug-likeness (QED) is 0.528. The second-order valence-corrected chi connectivity index (χ2v) is 8.84. The van der Waals surface area contributed by atoms with Crippen LogP contribution in [0.5, 0.6) is 0 Å². The third-order valence-corrected chi connectivity index (χ3v) is 5.67. The normalized spacial score (nSPS) is 11.4. The number of rotatable bonds is 6. The molecule has 1 amide bonds. The number of thiophene rings is 1. The maximum atomic E-state index is 12.6. The molecular weight excluding hydrogens is 450 g/mol. The van der Waals surface area contributed by atoms with Crippen LogP contribution in [-0.2, 0) is 11.3 Å². The van der Waals surface area contributed by atoms with Gasteiger partial charge in [-0.25, -0.2) is 4.98 Å². The molecule has 0 spiro atoms. The van der Waals surface area contributed by atoms with E-state index >= 15 is 0 Å². The van der Waals surface area contributed by atoms with Gasteiger partial charge in [-0.1, -0.05) is 18.5 Å². The number of halogens is 2. The summed E-state index contributed by atoms with van der Waals surface area (Å²) in [5.74, 6) is 0.305. The molecule has 0 bridgehead atoms. The number of hydrogen-bond acceptors (Lipinski definition) is 4. The Hall–Kier alpha value is -1.96. The fraction of sp³-hybridized carbons (Fsp3) is 0.211. The number of carbonyl (C=O) groups is 1. The lowest BCUT2D eigenvalue weighted by Gasteiger charge is -2.20. The van der Waals surface area contributed by atoms with Crippen LogP contribution in [0.4, 0.5) is 0 Å². The summed E-state index contributed by atoms with van der Waals surface area (Å²) in [6.07, 6.45) is 4.13. The number of benzene rings is 1. The standard InChI is InChI=1S/C19H17BrClN3O2S/c1-2-9-24(18(25)8-5-13-4-7-16(20)27-13)11-17-22-15-10-12(21)3-6-14(15)19(26)23-17/h3-8,10H,2,9,11H2,1H3,(H,22,23,26)/b8-5+. The molecule has 0 aliphatic rings. The van der Waals surface area contributed by atoms with Crippen LogP contribution in [-0.4, -0.2) is 27.3 Å². The lowest BCUT2D eigenvalue weighted by atomic mass is 10.2. The average molecular weight is 467 g/mol. The predicted octanol–water partition coefficient (Wildman–Crippen LogP) is 4.85. The molecule has 0 aliphatic carbocycles. The van der Waals surface area contributed by atoms with Gasteiger partial charge in [0.05, 0.1) is 21.2 Å². The number of fused-ring (bicyclic) bond motifs is 1. The van der Waals surface area contributed by atoms with E-state index < -0.39 is 0 Å². The summed E-state index contributed by atoms with van der Waals surface area (Å²) < 4.78 is 1.01. The molecule has 2 heterocycles. The van der Waals surface area contributed by atoms with Crippen LogP contribution in [0.3, 0.4) is 0 Å². The molecule has 1 N–H and O–H groups in total. The van der Waals surface area contributed by atoms with Crippen molar-refractivity contribution in [2.45, 2.75) is 19.9 Å². The van der Waals surface area contributed by atoms with Crippen molar-refractivity contribution < 1.29 is 4.79 Å². The van der Waals surface area contributed by atoms with E-state index in [1.54, 1.807) is 46.6 Å². The Kier molecular flexibility index (Phi) is 6.46. The maximum absolute atomic E-state index is 12.6. The van der Waals surface area contributed by atoms with E-state index in [1.165, 1.54) is 0 Å². The largest absolute Gasteiger partial charge is 0.332 e. The second kappa shape index (κ2) is 8.82. The summed E-state index contributed by atoms with van der Waals surface area (Å²) in [7, 11) is 0. The molecule has 27 heavy (non-hydrogen) atoms. The summed E-state index contributed by atoms with van der Waals surface area (Å²) in [5, 5.41) is 0.984. The molecule has 0 saturated carbocycles. The van der Waals surface area contributed by atoms with Crippen molar-refractivity contribution in [3.8, 4) is 0 Å². The number of hydrogen-bond donors (Lipinski definition) is 1. The average Bonchev–Trinajstić information content (AvgIpc) is 3.04. The van der Waals surface area contributed by atoms with Crippen LogP contribution in [0.25, 0.3) is 17.0 Å². The van der Waals surface area contributed by atoms with E-state index in [4.69, 9.17) is 11.6 Å².